The van der Waals surface area contributed by atoms with Gasteiger partial charge in [0.15, 0.2) is 11.6 Å². The quantitative estimate of drug-likeness (QED) is 0.381. The Balaban J connectivity index is 1.24. The first-order valence-corrected chi connectivity index (χ1v) is 13.5. The van der Waals surface area contributed by atoms with Crippen molar-refractivity contribution in [2.24, 2.45) is 21.0 Å². The number of nitrogens with one attached hydrogen (secondary N) is 1. The molecule has 0 unspecified atom stereocenters. The average Bonchev–Trinajstić information content (AvgIpc) is 3.49. The molecule has 0 bridgehead atoms. The van der Waals surface area contributed by atoms with Gasteiger partial charge in [-0.15, -0.1) is 0 Å². The van der Waals surface area contributed by atoms with Gasteiger partial charge in [-0.25, -0.2) is 23.7 Å². The summed E-state index contributed by atoms with van der Waals surface area (Å²) in [5.74, 6) is -3.54. The summed E-state index contributed by atoms with van der Waals surface area (Å²) in [7, 11) is 0. The molecule has 0 atom stereocenters. The van der Waals surface area contributed by atoms with Gasteiger partial charge in [-0.2, -0.15) is 19.7 Å². The van der Waals surface area contributed by atoms with E-state index in [1.807, 2.05) is 6.92 Å². The van der Waals surface area contributed by atoms with E-state index in [-0.39, 0.29) is 29.5 Å². The van der Waals surface area contributed by atoms with E-state index >= 15 is 0 Å². The molecule has 4 heterocycles. The molecule has 0 radical (unpaired) electrons. The van der Waals surface area contributed by atoms with Crippen molar-refractivity contribution < 1.29 is 27.5 Å². The van der Waals surface area contributed by atoms with E-state index in [0.29, 0.717) is 37.0 Å². The SMILES string of the molecule is CCc1nn2cc(F)ccc2c1C1=NN(CCCCOc2ccc(C3=NNC(=O)C3(C)C)c(F)c2F)C(=O)C1(C)C. The van der Waals surface area contributed by atoms with Crippen LogP contribution in [-0.4, -0.2) is 51.0 Å². The molecule has 9 nitrogen and oxygen atoms in total. The Morgan fingerprint density at radius 3 is 2.39 bits per heavy atom. The van der Waals surface area contributed by atoms with Crippen LogP contribution in [0.5, 0.6) is 5.75 Å². The highest BCUT2D eigenvalue weighted by Crippen LogP contribution is 2.36. The number of halogens is 3. The Bertz CT molecular complexity index is 1630. The van der Waals surface area contributed by atoms with Gasteiger partial charge in [-0.05, 0) is 71.2 Å². The van der Waals surface area contributed by atoms with Crippen molar-refractivity contribution in [3.63, 3.8) is 0 Å². The molecule has 1 N–H and O–H groups in total. The number of hydrazone groups is 2. The molecule has 12 heteroatoms. The first-order chi connectivity index (χ1) is 19.4. The van der Waals surface area contributed by atoms with Gasteiger partial charge in [0.25, 0.3) is 11.8 Å². The minimum atomic E-state index is -1.16. The van der Waals surface area contributed by atoms with Crippen LogP contribution in [0, 0.1) is 28.3 Å². The second-order valence-corrected chi connectivity index (χ2v) is 11.2. The fourth-order valence-corrected chi connectivity index (χ4v) is 5.07. The van der Waals surface area contributed by atoms with Crippen molar-refractivity contribution in [2.75, 3.05) is 13.2 Å². The summed E-state index contributed by atoms with van der Waals surface area (Å²) in [4.78, 5) is 25.2. The molecular weight excluding hydrogens is 537 g/mol. The number of unbranched alkanes of at least 4 members (excludes halogenated alkanes) is 1. The van der Waals surface area contributed by atoms with Crippen molar-refractivity contribution in [1.29, 1.82) is 0 Å². The minimum absolute atomic E-state index is 0.0871. The van der Waals surface area contributed by atoms with Crippen molar-refractivity contribution in [3.05, 3.63) is 64.7 Å². The van der Waals surface area contributed by atoms with Crippen LogP contribution in [-0.2, 0) is 16.0 Å². The number of carbonyl (C=O) groups excluding carboxylic acids is 2. The Labute approximate surface area is 235 Å². The number of carbonyl (C=O) groups is 2. The van der Waals surface area contributed by atoms with Gasteiger partial charge in [0.05, 0.1) is 46.3 Å². The number of nitrogens with zero attached hydrogens (tertiary/aromatic N) is 5. The van der Waals surface area contributed by atoms with Crippen LogP contribution >= 0.6 is 0 Å². The number of rotatable bonds is 9. The van der Waals surface area contributed by atoms with Gasteiger partial charge < -0.3 is 4.74 Å². The highest BCUT2D eigenvalue weighted by Gasteiger charge is 2.45. The summed E-state index contributed by atoms with van der Waals surface area (Å²) < 4.78 is 50.4. The van der Waals surface area contributed by atoms with Crippen LogP contribution < -0.4 is 10.2 Å². The Morgan fingerprint density at radius 2 is 1.71 bits per heavy atom. The fourth-order valence-electron chi connectivity index (χ4n) is 5.07. The molecule has 0 saturated carbocycles. The predicted octanol–water partition coefficient (Wildman–Crippen LogP) is 4.61. The summed E-state index contributed by atoms with van der Waals surface area (Å²) in [5, 5.41) is 14.4. The molecule has 0 fully saturated rings. The molecule has 2 aliphatic heterocycles. The number of hydrogen-bond donors (Lipinski definition) is 1. The maximum Gasteiger partial charge on any atom is 0.254 e. The summed E-state index contributed by atoms with van der Waals surface area (Å²) in [6.45, 7) is 9.09. The maximum absolute atomic E-state index is 14.8. The zero-order valence-corrected chi connectivity index (χ0v) is 23.5. The van der Waals surface area contributed by atoms with Crippen molar-refractivity contribution in [3.8, 4) is 5.75 Å². The molecule has 2 aromatic heterocycles. The van der Waals surface area contributed by atoms with Crippen LogP contribution in [0.4, 0.5) is 13.2 Å². The Morgan fingerprint density at radius 1 is 0.951 bits per heavy atom. The van der Waals surface area contributed by atoms with Crippen LogP contribution in [0.15, 0.2) is 40.7 Å². The van der Waals surface area contributed by atoms with E-state index in [2.05, 4.69) is 20.7 Å². The number of hydrogen-bond acceptors (Lipinski definition) is 6. The second-order valence-electron chi connectivity index (χ2n) is 11.2. The maximum atomic E-state index is 14.8. The highest BCUT2D eigenvalue weighted by molar-refractivity contribution is 6.22. The van der Waals surface area contributed by atoms with E-state index in [1.54, 1.807) is 33.8 Å². The molecule has 41 heavy (non-hydrogen) atoms. The summed E-state index contributed by atoms with van der Waals surface area (Å²) in [6, 6.07) is 5.64. The number of aromatic nitrogens is 2. The molecule has 0 saturated heterocycles. The van der Waals surface area contributed by atoms with Crippen molar-refractivity contribution in [2.45, 2.75) is 53.9 Å². The second kappa shape index (κ2) is 10.3. The smallest absolute Gasteiger partial charge is 0.254 e. The van der Waals surface area contributed by atoms with Gasteiger partial charge in [0.1, 0.15) is 5.82 Å². The molecule has 5 rings (SSSR count). The first kappa shape index (κ1) is 28.3. The number of benzene rings is 1. The molecular formula is C29H31F3N6O3. The predicted molar refractivity (Wildman–Crippen MR) is 146 cm³/mol. The number of pyridine rings is 1. The fraction of sp³-hybridized carbons (Fsp3) is 0.414. The molecule has 3 aromatic rings. The van der Waals surface area contributed by atoms with Gasteiger partial charge in [-0.3, -0.25) is 9.59 Å². The highest BCUT2D eigenvalue weighted by atomic mass is 19.2. The molecule has 0 aliphatic carbocycles. The van der Waals surface area contributed by atoms with E-state index in [1.165, 1.54) is 33.9 Å². The molecule has 2 amide bonds. The lowest BCUT2D eigenvalue weighted by molar-refractivity contribution is -0.135. The van der Waals surface area contributed by atoms with Crippen molar-refractivity contribution >= 4 is 28.8 Å². The Kier molecular flexibility index (Phi) is 7.12. The minimum Gasteiger partial charge on any atom is -0.490 e. The number of aryl methyl sites for hydroxylation is 1. The third kappa shape index (κ3) is 4.74. The Hall–Kier alpha value is -4.22. The molecule has 0 spiro atoms. The van der Waals surface area contributed by atoms with E-state index < -0.39 is 34.2 Å². The van der Waals surface area contributed by atoms with Crippen LogP contribution in [0.25, 0.3) is 5.52 Å². The zero-order chi connectivity index (χ0) is 29.7. The lowest BCUT2D eigenvalue weighted by Crippen LogP contribution is -2.35. The largest absolute Gasteiger partial charge is 0.490 e. The summed E-state index contributed by atoms with van der Waals surface area (Å²) in [6.07, 6.45) is 2.83. The number of fused-ring (bicyclic) bond motifs is 1. The average molecular weight is 569 g/mol. The van der Waals surface area contributed by atoms with Crippen LogP contribution in [0.2, 0.25) is 0 Å². The van der Waals surface area contributed by atoms with Gasteiger partial charge >= 0.3 is 0 Å². The molecule has 1 aromatic carbocycles. The van der Waals surface area contributed by atoms with Gasteiger partial charge in [-0.1, -0.05) is 6.92 Å². The third-order valence-corrected chi connectivity index (χ3v) is 7.57. The lowest BCUT2D eigenvalue weighted by Gasteiger charge is -2.20. The van der Waals surface area contributed by atoms with Crippen LogP contribution in [0.3, 0.4) is 0 Å². The summed E-state index contributed by atoms with van der Waals surface area (Å²) in [5.41, 5.74) is 2.98. The van der Waals surface area contributed by atoms with E-state index in [9.17, 15) is 22.8 Å². The molecule has 216 valence electrons. The monoisotopic (exact) mass is 568 g/mol. The topological polar surface area (TPSA) is 101 Å². The van der Waals surface area contributed by atoms with E-state index in [0.717, 1.165) is 11.3 Å². The zero-order valence-electron chi connectivity index (χ0n) is 23.5. The number of amides is 2. The lowest BCUT2D eigenvalue weighted by atomic mass is 9.82. The first-order valence-electron chi connectivity index (χ1n) is 13.5. The number of ether oxygens (including phenoxy) is 1. The standard InChI is InChI=1S/C29H31F3N6O3/c1-6-18-21(19-11-9-16(30)15-38(19)35-18)25-29(4,5)27(40)37(36-25)13-7-8-14-41-20-12-10-17(22(31)23(20)32)24-28(2,3)26(39)34-33-24/h9-12,15H,6-8,13-14H2,1-5H3,(H,34,39). The normalized spacial score (nSPS) is 17.7. The van der Waals surface area contributed by atoms with E-state index in [4.69, 9.17) is 4.74 Å². The van der Waals surface area contributed by atoms with Gasteiger partial charge in [0, 0.05) is 17.7 Å². The van der Waals surface area contributed by atoms with Crippen LogP contribution in [0.1, 0.15) is 64.3 Å². The molecule has 2 aliphatic rings. The van der Waals surface area contributed by atoms with Gasteiger partial charge in [0.2, 0.25) is 5.82 Å². The van der Waals surface area contributed by atoms with Crippen molar-refractivity contribution in [1.82, 2.24) is 20.0 Å². The summed E-state index contributed by atoms with van der Waals surface area (Å²) >= 11 is 0. The third-order valence-electron chi connectivity index (χ3n) is 7.57.